The van der Waals surface area contributed by atoms with Gasteiger partial charge in [0.2, 0.25) is 0 Å². The SMILES string of the molecule is CC(C)CNC(=O)c1cc(NC(=O)c2ccccc2)ccc1N1CCc2ccccc2C1. The number of benzene rings is 3. The van der Waals surface area contributed by atoms with Crippen LogP contribution >= 0.6 is 0 Å². The lowest BCUT2D eigenvalue weighted by molar-refractivity contribution is 0.0948. The molecular weight excluding hydrogens is 398 g/mol. The molecule has 0 radical (unpaired) electrons. The van der Waals surface area contributed by atoms with Crippen molar-refractivity contribution in [1.29, 1.82) is 0 Å². The van der Waals surface area contributed by atoms with Gasteiger partial charge in [0.25, 0.3) is 11.8 Å². The average Bonchev–Trinajstić information content (AvgIpc) is 2.82. The van der Waals surface area contributed by atoms with Crippen LogP contribution < -0.4 is 15.5 Å². The molecule has 3 aromatic carbocycles. The molecule has 5 heteroatoms. The van der Waals surface area contributed by atoms with E-state index >= 15 is 0 Å². The maximum absolute atomic E-state index is 13.1. The van der Waals surface area contributed by atoms with Crippen molar-refractivity contribution >= 4 is 23.2 Å². The topological polar surface area (TPSA) is 61.4 Å². The summed E-state index contributed by atoms with van der Waals surface area (Å²) in [6, 6.07) is 23.1. The van der Waals surface area contributed by atoms with Crippen molar-refractivity contribution in [2.45, 2.75) is 26.8 Å². The monoisotopic (exact) mass is 427 g/mol. The molecule has 4 rings (SSSR count). The highest BCUT2D eigenvalue weighted by Crippen LogP contribution is 2.30. The third-order valence-electron chi connectivity index (χ3n) is 5.68. The smallest absolute Gasteiger partial charge is 0.255 e. The summed E-state index contributed by atoms with van der Waals surface area (Å²) in [6.07, 6.45) is 0.940. The average molecular weight is 428 g/mol. The molecule has 0 atom stereocenters. The van der Waals surface area contributed by atoms with Crippen LogP contribution in [0.4, 0.5) is 11.4 Å². The quantitative estimate of drug-likeness (QED) is 0.589. The third kappa shape index (κ3) is 4.99. The Balaban J connectivity index is 1.62. The Labute approximate surface area is 189 Å². The van der Waals surface area contributed by atoms with Crippen molar-refractivity contribution in [3.63, 3.8) is 0 Å². The van der Waals surface area contributed by atoms with Crippen LogP contribution in [0.5, 0.6) is 0 Å². The van der Waals surface area contributed by atoms with Gasteiger partial charge in [-0.15, -0.1) is 0 Å². The van der Waals surface area contributed by atoms with E-state index in [1.54, 1.807) is 18.2 Å². The van der Waals surface area contributed by atoms with Crippen LogP contribution in [0.15, 0.2) is 72.8 Å². The van der Waals surface area contributed by atoms with E-state index in [-0.39, 0.29) is 11.8 Å². The van der Waals surface area contributed by atoms with Gasteiger partial charge in [0.15, 0.2) is 0 Å². The maximum Gasteiger partial charge on any atom is 0.255 e. The zero-order valence-corrected chi connectivity index (χ0v) is 18.6. The summed E-state index contributed by atoms with van der Waals surface area (Å²) in [4.78, 5) is 28.0. The lowest BCUT2D eigenvalue weighted by atomic mass is 9.98. The molecule has 5 nitrogen and oxygen atoms in total. The fourth-order valence-corrected chi connectivity index (χ4v) is 3.96. The predicted octanol–water partition coefficient (Wildman–Crippen LogP) is 4.89. The number of carbonyl (C=O) groups excluding carboxylic acids is 2. The number of carbonyl (C=O) groups is 2. The molecule has 0 bridgehead atoms. The Morgan fingerprint density at radius 3 is 2.38 bits per heavy atom. The van der Waals surface area contributed by atoms with Crippen LogP contribution in [0.25, 0.3) is 0 Å². The van der Waals surface area contributed by atoms with Gasteiger partial charge in [0.1, 0.15) is 0 Å². The van der Waals surface area contributed by atoms with Crippen molar-refractivity contribution in [2.75, 3.05) is 23.3 Å². The normalized spacial score (nSPS) is 12.9. The number of nitrogens with zero attached hydrogens (tertiary/aromatic N) is 1. The Bertz CT molecular complexity index is 1110. The molecule has 1 aliphatic rings. The second-order valence-corrected chi connectivity index (χ2v) is 8.60. The molecule has 3 aromatic rings. The first kappa shape index (κ1) is 21.6. The molecule has 0 unspecified atom stereocenters. The molecule has 0 aromatic heterocycles. The molecule has 2 N–H and O–H groups in total. The Morgan fingerprint density at radius 1 is 0.906 bits per heavy atom. The van der Waals surface area contributed by atoms with Gasteiger partial charge >= 0.3 is 0 Å². The molecule has 1 heterocycles. The lowest BCUT2D eigenvalue weighted by Gasteiger charge is -2.32. The van der Waals surface area contributed by atoms with Gasteiger partial charge in [-0.25, -0.2) is 0 Å². The Hall–Kier alpha value is -3.60. The third-order valence-corrected chi connectivity index (χ3v) is 5.68. The van der Waals surface area contributed by atoms with Crippen molar-refractivity contribution in [2.24, 2.45) is 5.92 Å². The molecule has 0 fully saturated rings. The molecular formula is C27H29N3O2. The second-order valence-electron chi connectivity index (χ2n) is 8.60. The van der Waals surface area contributed by atoms with Gasteiger partial charge in [-0.05, 0) is 53.8 Å². The Morgan fingerprint density at radius 2 is 1.62 bits per heavy atom. The van der Waals surface area contributed by atoms with E-state index in [0.29, 0.717) is 29.3 Å². The van der Waals surface area contributed by atoms with E-state index in [9.17, 15) is 9.59 Å². The van der Waals surface area contributed by atoms with Crippen molar-refractivity contribution in [3.8, 4) is 0 Å². The summed E-state index contributed by atoms with van der Waals surface area (Å²) in [7, 11) is 0. The van der Waals surface area contributed by atoms with Crippen molar-refractivity contribution in [1.82, 2.24) is 5.32 Å². The molecule has 0 aliphatic carbocycles. The zero-order valence-electron chi connectivity index (χ0n) is 18.6. The fourth-order valence-electron chi connectivity index (χ4n) is 3.96. The van der Waals surface area contributed by atoms with Gasteiger partial charge in [-0.2, -0.15) is 0 Å². The number of fused-ring (bicyclic) bond motifs is 1. The summed E-state index contributed by atoms with van der Waals surface area (Å²) in [5, 5.41) is 5.96. The van der Waals surface area contributed by atoms with Crippen LogP contribution in [0.1, 0.15) is 45.7 Å². The highest BCUT2D eigenvalue weighted by atomic mass is 16.2. The molecule has 2 amide bonds. The summed E-state index contributed by atoms with van der Waals surface area (Å²) in [5.41, 5.74) is 5.30. The number of nitrogens with one attached hydrogen (secondary N) is 2. The van der Waals surface area contributed by atoms with Crippen molar-refractivity contribution in [3.05, 3.63) is 95.1 Å². The standard InChI is InChI=1S/C27H29N3O2/c1-19(2)17-28-27(32)24-16-23(29-26(31)21-9-4-3-5-10-21)12-13-25(24)30-15-14-20-8-6-7-11-22(20)18-30/h3-13,16,19H,14-15,17-18H2,1-2H3,(H,28,32)(H,29,31). The first-order valence-corrected chi connectivity index (χ1v) is 11.1. The highest BCUT2D eigenvalue weighted by Gasteiger charge is 2.22. The number of hydrogen-bond acceptors (Lipinski definition) is 3. The predicted molar refractivity (Wildman–Crippen MR) is 129 cm³/mol. The zero-order chi connectivity index (χ0) is 22.5. The maximum atomic E-state index is 13.1. The summed E-state index contributed by atoms with van der Waals surface area (Å²) < 4.78 is 0. The van der Waals surface area contributed by atoms with E-state index in [4.69, 9.17) is 0 Å². The minimum absolute atomic E-state index is 0.122. The molecule has 0 spiro atoms. The largest absolute Gasteiger partial charge is 0.366 e. The second kappa shape index (κ2) is 9.69. The van der Waals surface area contributed by atoms with E-state index in [1.165, 1.54) is 11.1 Å². The molecule has 32 heavy (non-hydrogen) atoms. The highest BCUT2D eigenvalue weighted by molar-refractivity contribution is 6.06. The van der Waals surface area contributed by atoms with Gasteiger partial charge < -0.3 is 15.5 Å². The van der Waals surface area contributed by atoms with Crippen LogP contribution in [0.2, 0.25) is 0 Å². The Kier molecular flexibility index (Phi) is 6.55. The minimum Gasteiger partial charge on any atom is -0.366 e. The van der Waals surface area contributed by atoms with Crippen molar-refractivity contribution < 1.29 is 9.59 Å². The minimum atomic E-state index is -0.196. The van der Waals surface area contributed by atoms with Crippen LogP contribution in [0.3, 0.4) is 0 Å². The molecule has 0 saturated heterocycles. The number of anilines is 2. The number of amides is 2. The molecule has 1 aliphatic heterocycles. The molecule has 0 saturated carbocycles. The first-order valence-electron chi connectivity index (χ1n) is 11.1. The fraction of sp³-hybridized carbons (Fsp3) is 0.259. The van der Waals surface area contributed by atoms with E-state index in [1.807, 2.05) is 30.3 Å². The van der Waals surface area contributed by atoms with Gasteiger partial charge in [-0.1, -0.05) is 56.3 Å². The van der Waals surface area contributed by atoms with Crippen LogP contribution in [-0.4, -0.2) is 24.9 Å². The van der Waals surface area contributed by atoms with Gasteiger partial charge in [0, 0.05) is 36.6 Å². The van der Waals surface area contributed by atoms with Gasteiger partial charge in [-0.3, -0.25) is 9.59 Å². The van der Waals surface area contributed by atoms with E-state index in [0.717, 1.165) is 25.2 Å². The van der Waals surface area contributed by atoms with E-state index in [2.05, 4.69) is 53.6 Å². The van der Waals surface area contributed by atoms with E-state index < -0.39 is 0 Å². The number of hydrogen-bond donors (Lipinski definition) is 2. The molecule has 164 valence electrons. The first-order chi connectivity index (χ1) is 15.5. The summed E-state index contributed by atoms with van der Waals surface area (Å²) in [5.74, 6) is 0.0346. The summed E-state index contributed by atoms with van der Waals surface area (Å²) in [6.45, 7) is 6.34. The van der Waals surface area contributed by atoms with Gasteiger partial charge in [0.05, 0.1) is 5.56 Å². The van der Waals surface area contributed by atoms with Crippen LogP contribution in [-0.2, 0) is 13.0 Å². The van der Waals surface area contributed by atoms with Crippen LogP contribution in [0, 0.1) is 5.92 Å². The summed E-state index contributed by atoms with van der Waals surface area (Å²) >= 11 is 0. The number of rotatable bonds is 6. The lowest BCUT2D eigenvalue weighted by Crippen LogP contribution is -2.34.